The Morgan fingerprint density at radius 3 is 2.50 bits per heavy atom. The molecular formula is C29H42N6O3. The third-order valence-corrected chi connectivity index (χ3v) is 7.30. The van der Waals surface area contributed by atoms with E-state index in [0.717, 1.165) is 18.4 Å². The number of nitrogen functional groups attached to an aromatic ring is 1. The Bertz CT molecular complexity index is 1100. The molecule has 2 bridgehead atoms. The largest absolute Gasteiger partial charge is 0.382 e. The van der Waals surface area contributed by atoms with Crippen molar-refractivity contribution in [1.29, 1.82) is 0 Å². The Labute approximate surface area is 225 Å². The molecule has 4 heterocycles. The van der Waals surface area contributed by atoms with Crippen LogP contribution in [0.4, 0.5) is 5.82 Å². The van der Waals surface area contributed by atoms with Gasteiger partial charge in [0.15, 0.2) is 23.6 Å². The Kier molecular flexibility index (Phi) is 10.1. The van der Waals surface area contributed by atoms with Gasteiger partial charge in [-0.2, -0.15) is 0 Å². The minimum absolute atomic E-state index is 0.0583. The molecule has 4 atom stereocenters. The lowest BCUT2D eigenvalue weighted by atomic mass is 10.1. The summed E-state index contributed by atoms with van der Waals surface area (Å²) in [7, 11) is 1.64. The van der Waals surface area contributed by atoms with E-state index in [0.29, 0.717) is 48.3 Å². The maximum absolute atomic E-state index is 12.2. The number of amides is 1. The van der Waals surface area contributed by atoms with Crippen molar-refractivity contribution in [3.05, 3.63) is 48.0 Å². The number of methoxy groups -OCH3 is 1. The van der Waals surface area contributed by atoms with Crippen LogP contribution in [-0.2, 0) is 14.3 Å². The molecule has 3 N–H and O–H groups in total. The van der Waals surface area contributed by atoms with Crippen LogP contribution in [0, 0.1) is 0 Å². The predicted octanol–water partition coefficient (Wildman–Crippen LogP) is 5.07. The molecule has 1 aromatic carbocycles. The Balaban J connectivity index is 0.000000483. The highest BCUT2D eigenvalue weighted by molar-refractivity contribution is 5.75. The number of rotatable bonds is 12. The van der Waals surface area contributed by atoms with E-state index in [1.54, 1.807) is 13.4 Å². The van der Waals surface area contributed by atoms with Gasteiger partial charge in [0.2, 0.25) is 5.91 Å². The first-order chi connectivity index (χ1) is 18.5. The van der Waals surface area contributed by atoms with Crippen LogP contribution in [-0.4, -0.2) is 51.3 Å². The van der Waals surface area contributed by atoms with Crippen molar-refractivity contribution in [1.82, 2.24) is 24.8 Å². The van der Waals surface area contributed by atoms with E-state index in [-0.39, 0.29) is 11.8 Å². The fraction of sp³-hybridized carbons (Fsp3) is 0.586. The van der Waals surface area contributed by atoms with Gasteiger partial charge in [-0.25, -0.2) is 15.0 Å². The Hall–Kier alpha value is -3.04. The fourth-order valence-electron chi connectivity index (χ4n) is 5.00. The topological polar surface area (TPSA) is 117 Å². The molecule has 38 heavy (non-hydrogen) atoms. The highest BCUT2D eigenvalue weighted by atomic mass is 16.5. The number of nitrogens with zero attached hydrogens (tertiary/aromatic N) is 4. The third-order valence-electron chi connectivity index (χ3n) is 7.30. The van der Waals surface area contributed by atoms with Crippen molar-refractivity contribution >= 4 is 11.7 Å². The number of hydrogen-bond acceptors (Lipinski definition) is 7. The number of nitrogens with two attached hydrogens (primary N) is 1. The molecule has 0 aromatic heterocycles. The van der Waals surface area contributed by atoms with Gasteiger partial charge >= 0.3 is 0 Å². The van der Waals surface area contributed by atoms with Gasteiger partial charge in [0, 0.05) is 31.6 Å². The molecule has 4 unspecified atom stereocenters. The summed E-state index contributed by atoms with van der Waals surface area (Å²) in [6.45, 7) is 4.66. The normalized spacial score (nSPS) is 19.3. The van der Waals surface area contributed by atoms with E-state index in [2.05, 4.69) is 22.2 Å². The van der Waals surface area contributed by atoms with Crippen molar-refractivity contribution in [3.63, 3.8) is 0 Å². The van der Waals surface area contributed by atoms with Crippen LogP contribution in [0.3, 0.4) is 0 Å². The maximum atomic E-state index is 12.2. The van der Waals surface area contributed by atoms with Crippen molar-refractivity contribution < 1.29 is 14.3 Å². The first-order valence-corrected chi connectivity index (χ1v) is 14.0. The van der Waals surface area contributed by atoms with E-state index in [9.17, 15) is 4.79 Å². The molecule has 4 aliphatic heterocycles. The van der Waals surface area contributed by atoms with Gasteiger partial charge in [-0.05, 0) is 25.7 Å². The van der Waals surface area contributed by atoms with E-state index < -0.39 is 6.23 Å². The number of fused-ring (bicyclic) bond motifs is 2. The van der Waals surface area contributed by atoms with Crippen LogP contribution < -0.4 is 11.1 Å². The summed E-state index contributed by atoms with van der Waals surface area (Å²) >= 11 is 0. The molecule has 206 valence electrons. The number of hydrogen-bond donors (Lipinski definition) is 2. The molecule has 0 radical (unpaired) electrons. The summed E-state index contributed by atoms with van der Waals surface area (Å²) in [6, 6.07) is 9.85. The van der Waals surface area contributed by atoms with E-state index >= 15 is 0 Å². The fourth-order valence-corrected chi connectivity index (χ4v) is 5.00. The molecule has 1 aromatic rings. The molecule has 9 nitrogen and oxygen atoms in total. The first kappa shape index (κ1) is 28.0. The average Bonchev–Trinajstić information content (AvgIpc) is 3.68. The SMILES string of the molecule is C1CC2CC1O2.CCCCCCCC(=O)NCC(C)c1nc2c(N)ncn(C(OC)c3ccccc3)c-2n1. The maximum Gasteiger partial charge on any atom is 0.220 e. The smallest absolute Gasteiger partial charge is 0.220 e. The molecule has 1 saturated carbocycles. The molecule has 2 saturated heterocycles. The zero-order valence-electron chi connectivity index (χ0n) is 22.9. The number of aromatic nitrogens is 4. The molecule has 1 amide bonds. The van der Waals surface area contributed by atoms with Gasteiger partial charge in [0.05, 0.1) is 12.2 Å². The zero-order valence-corrected chi connectivity index (χ0v) is 22.9. The number of anilines is 1. The molecule has 9 heteroatoms. The molecule has 6 rings (SSSR count). The first-order valence-electron chi connectivity index (χ1n) is 14.0. The van der Waals surface area contributed by atoms with E-state index in [4.69, 9.17) is 20.2 Å². The van der Waals surface area contributed by atoms with Crippen LogP contribution >= 0.6 is 0 Å². The predicted molar refractivity (Wildman–Crippen MR) is 148 cm³/mol. The lowest BCUT2D eigenvalue weighted by molar-refractivity contribution is -0.121. The lowest BCUT2D eigenvalue weighted by Gasteiger charge is -2.23. The quantitative estimate of drug-likeness (QED) is 0.319. The van der Waals surface area contributed by atoms with Crippen molar-refractivity contribution in [3.8, 4) is 11.5 Å². The number of carbonyl (C=O) groups is 1. The number of imidazole rings is 1. The van der Waals surface area contributed by atoms with Crippen LogP contribution in [0.25, 0.3) is 11.5 Å². The number of unbranched alkanes of at least 4 members (excludes halogenated alkanes) is 4. The number of nitrogens with one attached hydrogen (secondary N) is 1. The summed E-state index contributed by atoms with van der Waals surface area (Å²) in [5.41, 5.74) is 7.60. The van der Waals surface area contributed by atoms with Crippen LogP contribution in [0.2, 0.25) is 0 Å². The van der Waals surface area contributed by atoms with Gasteiger partial charge in [-0.3, -0.25) is 9.36 Å². The monoisotopic (exact) mass is 522 g/mol. The number of carbonyl (C=O) groups excluding carboxylic acids is 1. The molecule has 0 spiro atoms. The molecular weight excluding hydrogens is 480 g/mol. The van der Waals surface area contributed by atoms with Crippen molar-refractivity contribution in [2.24, 2.45) is 0 Å². The van der Waals surface area contributed by atoms with Crippen LogP contribution in [0.1, 0.15) is 95.2 Å². The van der Waals surface area contributed by atoms with Crippen LogP contribution in [0.15, 0.2) is 36.7 Å². The summed E-state index contributed by atoms with van der Waals surface area (Å²) in [5, 5.41) is 3.01. The summed E-state index contributed by atoms with van der Waals surface area (Å²) in [5.74, 6) is 1.57. The number of benzene rings is 1. The zero-order chi connectivity index (χ0) is 26.9. The molecule has 3 fully saturated rings. The minimum atomic E-state index is -0.404. The third kappa shape index (κ3) is 7.08. The van der Waals surface area contributed by atoms with E-state index in [1.165, 1.54) is 38.5 Å². The van der Waals surface area contributed by atoms with Gasteiger partial charge in [0.1, 0.15) is 12.2 Å². The lowest BCUT2D eigenvalue weighted by Crippen LogP contribution is -2.27. The summed E-state index contributed by atoms with van der Waals surface area (Å²) in [6.07, 6.45) is 12.8. The second kappa shape index (κ2) is 13.7. The standard InChI is InChI=1S/C24H34N6O2.C5H8O/c1-4-5-6-7-11-14-19(31)26-15-17(2)22-28-20-21(25)27-16-30(23(20)29-22)24(32-3)18-12-9-8-10-13-18;1-2-5-3-4(1)6-5/h8-10,12-13,16-17,24H,4-7,11,14-15,25H2,1-3H3,(H,26,31);4-5H,1-3H2. The molecule has 1 aliphatic carbocycles. The summed E-state index contributed by atoms with van der Waals surface area (Å²) < 4.78 is 12.8. The second-order valence-electron chi connectivity index (χ2n) is 10.4. The van der Waals surface area contributed by atoms with Gasteiger partial charge in [-0.1, -0.05) is 69.9 Å². The van der Waals surface area contributed by atoms with Crippen molar-refractivity contribution in [2.75, 3.05) is 19.4 Å². The van der Waals surface area contributed by atoms with E-state index in [1.807, 2.05) is 41.8 Å². The minimum Gasteiger partial charge on any atom is -0.382 e. The highest BCUT2D eigenvalue weighted by Gasteiger charge is 2.36. The second-order valence-corrected chi connectivity index (χ2v) is 10.4. The van der Waals surface area contributed by atoms with Gasteiger partial charge in [-0.15, -0.1) is 0 Å². The number of ether oxygens (including phenoxy) is 2. The summed E-state index contributed by atoms with van der Waals surface area (Å²) in [4.78, 5) is 25.8. The van der Waals surface area contributed by atoms with Gasteiger partial charge < -0.3 is 20.5 Å². The Morgan fingerprint density at radius 2 is 1.87 bits per heavy atom. The average molecular weight is 523 g/mol. The molecule has 5 aliphatic rings. The Morgan fingerprint density at radius 1 is 1.16 bits per heavy atom. The van der Waals surface area contributed by atoms with Crippen LogP contribution in [0.5, 0.6) is 0 Å². The highest BCUT2D eigenvalue weighted by Crippen LogP contribution is 2.36. The van der Waals surface area contributed by atoms with Crippen molar-refractivity contribution in [2.45, 2.75) is 96.0 Å². The van der Waals surface area contributed by atoms with Gasteiger partial charge in [0.25, 0.3) is 0 Å².